The van der Waals surface area contributed by atoms with Gasteiger partial charge < -0.3 is 4.74 Å². The van der Waals surface area contributed by atoms with Crippen molar-refractivity contribution in [1.29, 1.82) is 0 Å². The number of likely N-dealkylation sites (tertiary alicyclic amines) is 1. The molecule has 2 unspecified atom stereocenters. The average Bonchev–Trinajstić information content (AvgIpc) is 2.47. The molecule has 1 saturated heterocycles. The largest absolute Gasteiger partial charge is 0.455 e. The standard InChI is InChI=1S/C13H19F2NO7S/c1-3-10(17)16-7-9(4-5-11(16)18)6-12(19)23-8(2)13(14,15)24(20,21)22/h8-9H,3-7H2,1-2H3,(H,20,21,22). The number of ether oxygens (including phenoxy) is 1. The Morgan fingerprint density at radius 3 is 2.54 bits per heavy atom. The number of piperidine rings is 1. The Kier molecular flexibility index (Phi) is 6.39. The van der Waals surface area contributed by atoms with Crippen LogP contribution in [-0.2, 0) is 29.2 Å². The van der Waals surface area contributed by atoms with Crippen LogP contribution in [-0.4, -0.2) is 53.6 Å². The predicted octanol–water partition coefficient (Wildman–Crippen LogP) is 0.964. The van der Waals surface area contributed by atoms with Gasteiger partial charge in [0.25, 0.3) is 0 Å². The summed E-state index contributed by atoms with van der Waals surface area (Å²) in [7, 11) is -5.72. The van der Waals surface area contributed by atoms with E-state index < -0.39 is 39.3 Å². The number of rotatable bonds is 6. The Labute approximate surface area is 137 Å². The first-order chi connectivity index (χ1) is 10.9. The van der Waals surface area contributed by atoms with Gasteiger partial charge in [-0.2, -0.15) is 17.2 Å². The summed E-state index contributed by atoms with van der Waals surface area (Å²) in [6.07, 6.45) is -2.29. The minimum Gasteiger partial charge on any atom is -0.455 e. The minimum atomic E-state index is -5.72. The van der Waals surface area contributed by atoms with E-state index in [1.807, 2.05) is 0 Å². The summed E-state index contributed by atoms with van der Waals surface area (Å²) < 4.78 is 60.6. The van der Waals surface area contributed by atoms with Crippen LogP contribution in [0.3, 0.4) is 0 Å². The van der Waals surface area contributed by atoms with E-state index in [1.165, 1.54) is 0 Å². The molecule has 1 aliphatic heterocycles. The maximum Gasteiger partial charge on any atom is 0.405 e. The average molecular weight is 371 g/mol. The number of hydrogen-bond acceptors (Lipinski definition) is 6. The molecule has 0 bridgehead atoms. The van der Waals surface area contributed by atoms with E-state index in [1.54, 1.807) is 6.92 Å². The van der Waals surface area contributed by atoms with Crippen molar-refractivity contribution in [3.63, 3.8) is 0 Å². The van der Waals surface area contributed by atoms with Crippen molar-refractivity contribution in [2.75, 3.05) is 6.54 Å². The first-order valence-electron chi connectivity index (χ1n) is 7.27. The molecule has 8 nitrogen and oxygen atoms in total. The first-order valence-corrected chi connectivity index (χ1v) is 8.71. The van der Waals surface area contributed by atoms with Crippen molar-refractivity contribution >= 4 is 27.9 Å². The SMILES string of the molecule is CCC(=O)N1CC(CC(=O)OC(C)C(F)(F)S(=O)(=O)O)CCC1=O. The number of nitrogens with zero attached hydrogens (tertiary/aromatic N) is 1. The Bertz CT molecular complexity index is 612. The number of imide groups is 1. The lowest BCUT2D eigenvalue weighted by Gasteiger charge is -2.31. The van der Waals surface area contributed by atoms with Gasteiger partial charge in [0.15, 0.2) is 6.10 Å². The van der Waals surface area contributed by atoms with E-state index in [4.69, 9.17) is 4.55 Å². The summed E-state index contributed by atoms with van der Waals surface area (Å²) in [5.41, 5.74) is 0. The second-order valence-corrected chi connectivity index (χ2v) is 7.02. The quantitative estimate of drug-likeness (QED) is 0.546. The summed E-state index contributed by atoms with van der Waals surface area (Å²) >= 11 is 0. The Morgan fingerprint density at radius 1 is 1.46 bits per heavy atom. The Hall–Kier alpha value is -1.62. The number of amides is 2. The van der Waals surface area contributed by atoms with Crippen molar-refractivity contribution in [3.8, 4) is 0 Å². The highest BCUT2D eigenvalue weighted by atomic mass is 32.2. The van der Waals surface area contributed by atoms with Crippen LogP contribution in [0.2, 0.25) is 0 Å². The summed E-state index contributed by atoms with van der Waals surface area (Å²) in [5, 5.41) is -4.63. The lowest BCUT2D eigenvalue weighted by Crippen LogP contribution is -2.45. The van der Waals surface area contributed by atoms with Gasteiger partial charge in [0.1, 0.15) is 0 Å². The van der Waals surface area contributed by atoms with Crippen LogP contribution in [0.15, 0.2) is 0 Å². The lowest BCUT2D eigenvalue weighted by molar-refractivity contribution is -0.162. The fourth-order valence-electron chi connectivity index (χ4n) is 2.27. The fourth-order valence-corrected chi connectivity index (χ4v) is 2.74. The Balaban J connectivity index is 2.65. The highest BCUT2D eigenvalue weighted by Crippen LogP contribution is 2.28. The number of hydrogen-bond donors (Lipinski definition) is 1. The van der Waals surface area contributed by atoms with Crippen LogP contribution in [0.1, 0.15) is 39.5 Å². The zero-order valence-corrected chi connectivity index (χ0v) is 14.0. The van der Waals surface area contributed by atoms with Crippen LogP contribution < -0.4 is 0 Å². The molecule has 1 aliphatic rings. The summed E-state index contributed by atoms with van der Waals surface area (Å²) in [6.45, 7) is 2.19. The van der Waals surface area contributed by atoms with Gasteiger partial charge in [-0.25, -0.2) is 0 Å². The summed E-state index contributed by atoms with van der Waals surface area (Å²) in [5.74, 6) is -2.33. The second kappa shape index (κ2) is 7.51. The highest BCUT2D eigenvalue weighted by Gasteiger charge is 2.52. The maximum atomic E-state index is 13.3. The lowest BCUT2D eigenvalue weighted by atomic mass is 9.94. The van der Waals surface area contributed by atoms with Crippen molar-refractivity contribution in [3.05, 3.63) is 0 Å². The molecule has 1 heterocycles. The number of carbonyl (C=O) groups excluding carboxylic acids is 3. The number of esters is 1. The number of carbonyl (C=O) groups is 3. The molecular weight excluding hydrogens is 352 g/mol. The smallest absolute Gasteiger partial charge is 0.405 e. The minimum absolute atomic E-state index is 0.0241. The molecule has 0 aliphatic carbocycles. The molecule has 24 heavy (non-hydrogen) atoms. The van der Waals surface area contributed by atoms with Gasteiger partial charge in [-0.1, -0.05) is 6.92 Å². The summed E-state index contributed by atoms with van der Waals surface area (Å²) in [6, 6.07) is 0. The van der Waals surface area contributed by atoms with Crippen molar-refractivity contribution in [2.24, 2.45) is 5.92 Å². The van der Waals surface area contributed by atoms with Gasteiger partial charge in [-0.3, -0.25) is 23.8 Å². The molecule has 2 atom stereocenters. The van der Waals surface area contributed by atoms with Crippen molar-refractivity contribution in [2.45, 2.75) is 50.9 Å². The normalized spacial score (nSPS) is 20.6. The van der Waals surface area contributed by atoms with E-state index >= 15 is 0 Å². The molecular formula is C13H19F2NO7S. The third-order valence-corrected chi connectivity index (χ3v) is 4.71. The molecule has 0 spiro atoms. The highest BCUT2D eigenvalue weighted by molar-refractivity contribution is 7.86. The van der Waals surface area contributed by atoms with Gasteiger partial charge in [-0.15, -0.1) is 0 Å². The van der Waals surface area contributed by atoms with Gasteiger partial charge in [0.2, 0.25) is 11.8 Å². The van der Waals surface area contributed by atoms with Crippen LogP contribution >= 0.6 is 0 Å². The zero-order valence-electron chi connectivity index (χ0n) is 13.2. The van der Waals surface area contributed by atoms with Gasteiger partial charge in [0.05, 0.1) is 6.42 Å². The van der Waals surface area contributed by atoms with Crippen LogP contribution in [0, 0.1) is 5.92 Å². The molecule has 138 valence electrons. The molecule has 1 fully saturated rings. The first kappa shape index (κ1) is 20.4. The molecule has 2 amide bonds. The molecule has 1 rings (SSSR count). The van der Waals surface area contributed by atoms with Gasteiger partial charge >= 0.3 is 21.3 Å². The molecule has 0 aromatic rings. The molecule has 11 heteroatoms. The molecule has 0 aromatic heterocycles. The van der Waals surface area contributed by atoms with E-state index in [-0.39, 0.29) is 38.1 Å². The van der Waals surface area contributed by atoms with Crippen LogP contribution in [0.5, 0.6) is 0 Å². The zero-order chi connectivity index (χ0) is 18.7. The third-order valence-electron chi connectivity index (χ3n) is 3.69. The van der Waals surface area contributed by atoms with Crippen LogP contribution in [0.25, 0.3) is 0 Å². The topological polar surface area (TPSA) is 118 Å². The number of halogens is 2. The molecule has 0 saturated carbocycles. The van der Waals surface area contributed by atoms with Crippen molar-refractivity contribution < 1.29 is 40.9 Å². The van der Waals surface area contributed by atoms with Crippen LogP contribution in [0.4, 0.5) is 8.78 Å². The predicted molar refractivity (Wildman–Crippen MR) is 76.4 cm³/mol. The molecule has 0 radical (unpaired) electrons. The monoisotopic (exact) mass is 371 g/mol. The van der Waals surface area contributed by atoms with E-state index in [0.717, 1.165) is 4.90 Å². The van der Waals surface area contributed by atoms with E-state index in [9.17, 15) is 31.6 Å². The van der Waals surface area contributed by atoms with Gasteiger partial charge in [-0.05, 0) is 19.3 Å². The molecule has 1 N–H and O–H groups in total. The van der Waals surface area contributed by atoms with E-state index in [0.29, 0.717) is 6.92 Å². The maximum absolute atomic E-state index is 13.3. The second-order valence-electron chi connectivity index (χ2n) is 5.53. The third kappa shape index (κ3) is 4.69. The fraction of sp³-hybridized carbons (Fsp3) is 0.769. The van der Waals surface area contributed by atoms with Gasteiger partial charge in [0, 0.05) is 19.4 Å². The Morgan fingerprint density at radius 2 is 2.04 bits per heavy atom. The summed E-state index contributed by atoms with van der Waals surface area (Å²) in [4.78, 5) is 36.0. The number of alkyl halides is 2. The van der Waals surface area contributed by atoms with Crippen molar-refractivity contribution in [1.82, 2.24) is 4.90 Å². The molecule has 0 aromatic carbocycles. The van der Waals surface area contributed by atoms with E-state index in [2.05, 4.69) is 4.74 Å².